The maximum absolute atomic E-state index is 9.68. The maximum Gasteiger partial charge on any atom is 0.0712 e. The van der Waals surface area contributed by atoms with Crippen molar-refractivity contribution >= 4 is 0 Å². The summed E-state index contributed by atoms with van der Waals surface area (Å²) in [6.07, 6.45) is 0.675. The molecule has 2 heterocycles. The minimum Gasteiger partial charge on any atom is -0.396 e. The summed E-state index contributed by atoms with van der Waals surface area (Å²) in [6.45, 7) is 1.72. The van der Waals surface area contributed by atoms with Gasteiger partial charge in [0, 0.05) is 31.7 Å². The third-order valence-corrected chi connectivity index (χ3v) is 3.38. The predicted octanol–water partition coefficient (Wildman–Crippen LogP) is -1.21. The van der Waals surface area contributed by atoms with E-state index in [0.717, 1.165) is 19.5 Å². The Kier molecular flexibility index (Phi) is 2.55. The predicted molar refractivity (Wildman–Crippen MR) is 47.2 cm³/mol. The van der Waals surface area contributed by atoms with E-state index in [0.29, 0.717) is 6.42 Å². The first-order valence-corrected chi connectivity index (χ1v) is 4.95. The summed E-state index contributed by atoms with van der Waals surface area (Å²) in [6, 6.07) is -0.0197. The molecule has 2 rings (SSSR count). The Labute approximate surface area is 77.8 Å². The number of hydrogen-bond donors (Lipinski definition) is 3. The van der Waals surface area contributed by atoms with Crippen LogP contribution in [0.25, 0.3) is 0 Å². The van der Waals surface area contributed by atoms with Gasteiger partial charge in [-0.15, -0.1) is 0 Å². The number of rotatable bonds is 1. The summed E-state index contributed by atoms with van der Waals surface area (Å²) >= 11 is 0. The molecule has 4 heteroatoms. The van der Waals surface area contributed by atoms with Crippen molar-refractivity contribution in [1.29, 1.82) is 0 Å². The molecule has 0 aromatic heterocycles. The van der Waals surface area contributed by atoms with Gasteiger partial charge in [0.25, 0.3) is 0 Å². The Bertz CT molecular complexity index is 188. The molecular formula is C9H17NO3. The van der Waals surface area contributed by atoms with E-state index in [2.05, 4.69) is 4.90 Å². The molecule has 0 radical (unpaired) electrons. The van der Waals surface area contributed by atoms with Gasteiger partial charge >= 0.3 is 0 Å². The molecule has 4 nitrogen and oxygen atoms in total. The fraction of sp³-hybridized carbons (Fsp3) is 1.00. The van der Waals surface area contributed by atoms with Crippen LogP contribution in [0.15, 0.2) is 0 Å². The Balaban J connectivity index is 2.12. The van der Waals surface area contributed by atoms with E-state index in [-0.39, 0.29) is 24.7 Å². The van der Waals surface area contributed by atoms with E-state index in [9.17, 15) is 10.2 Å². The Morgan fingerprint density at radius 3 is 2.31 bits per heavy atom. The lowest BCUT2D eigenvalue weighted by Gasteiger charge is -2.40. The average molecular weight is 187 g/mol. The number of piperidine rings is 1. The molecule has 4 atom stereocenters. The van der Waals surface area contributed by atoms with Gasteiger partial charge in [-0.05, 0) is 12.8 Å². The molecule has 76 valence electrons. The lowest BCUT2D eigenvalue weighted by molar-refractivity contribution is -0.0520. The molecule has 0 aliphatic carbocycles. The SMILES string of the molecule is OC[C@@H]1[C@@H]2[C@H](O)CCN2CC[C@@H]1O. The molecule has 2 fully saturated rings. The van der Waals surface area contributed by atoms with Gasteiger partial charge in [-0.2, -0.15) is 0 Å². The first-order valence-electron chi connectivity index (χ1n) is 4.95. The lowest BCUT2D eigenvalue weighted by Crippen LogP contribution is -2.52. The van der Waals surface area contributed by atoms with Crippen molar-refractivity contribution < 1.29 is 15.3 Å². The number of fused-ring (bicyclic) bond motifs is 1. The summed E-state index contributed by atoms with van der Waals surface area (Å²) in [5.41, 5.74) is 0. The van der Waals surface area contributed by atoms with Gasteiger partial charge in [-0.25, -0.2) is 0 Å². The highest BCUT2D eigenvalue weighted by Gasteiger charge is 2.44. The highest BCUT2D eigenvalue weighted by molar-refractivity contribution is 4.97. The molecule has 0 spiro atoms. The largest absolute Gasteiger partial charge is 0.396 e. The third-order valence-electron chi connectivity index (χ3n) is 3.38. The van der Waals surface area contributed by atoms with E-state index < -0.39 is 6.10 Å². The van der Waals surface area contributed by atoms with Crippen molar-refractivity contribution in [2.24, 2.45) is 5.92 Å². The fourth-order valence-corrected chi connectivity index (χ4v) is 2.65. The third kappa shape index (κ3) is 1.48. The highest BCUT2D eigenvalue weighted by atomic mass is 16.3. The Morgan fingerprint density at radius 2 is 1.69 bits per heavy atom. The van der Waals surface area contributed by atoms with E-state index in [1.807, 2.05) is 0 Å². The zero-order valence-electron chi connectivity index (χ0n) is 7.63. The number of hydrogen-bond acceptors (Lipinski definition) is 4. The average Bonchev–Trinajstić information content (AvgIpc) is 2.49. The minimum atomic E-state index is -0.445. The van der Waals surface area contributed by atoms with Gasteiger partial charge in [0.15, 0.2) is 0 Å². The fourth-order valence-electron chi connectivity index (χ4n) is 2.65. The van der Waals surface area contributed by atoms with Gasteiger partial charge in [0.1, 0.15) is 0 Å². The number of aliphatic hydroxyl groups is 3. The summed E-state index contributed by atoms with van der Waals surface area (Å²) in [4.78, 5) is 2.18. The van der Waals surface area contributed by atoms with Crippen LogP contribution < -0.4 is 0 Å². The van der Waals surface area contributed by atoms with Gasteiger partial charge in [-0.1, -0.05) is 0 Å². The minimum absolute atomic E-state index is 0.0197. The molecule has 0 saturated carbocycles. The molecular weight excluding hydrogens is 170 g/mol. The summed E-state index contributed by atoms with van der Waals surface area (Å²) in [5, 5.41) is 28.4. The molecule has 2 saturated heterocycles. The topological polar surface area (TPSA) is 63.9 Å². The number of aliphatic hydroxyl groups excluding tert-OH is 3. The van der Waals surface area contributed by atoms with E-state index in [1.165, 1.54) is 0 Å². The Hall–Kier alpha value is -0.160. The van der Waals surface area contributed by atoms with Crippen LogP contribution in [0.1, 0.15) is 12.8 Å². The van der Waals surface area contributed by atoms with E-state index in [1.54, 1.807) is 0 Å². The van der Waals surface area contributed by atoms with Crippen molar-refractivity contribution in [1.82, 2.24) is 4.90 Å². The smallest absolute Gasteiger partial charge is 0.0712 e. The second kappa shape index (κ2) is 3.53. The molecule has 3 N–H and O–H groups in total. The van der Waals surface area contributed by atoms with E-state index >= 15 is 0 Å². The zero-order valence-corrected chi connectivity index (χ0v) is 7.63. The lowest BCUT2D eigenvalue weighted by atomic mass is 9.86. The molecule has 13 heavy (non-hydrogen) atoms. The quantitative estimate of drug-likeness (QED) is 0.482. The molecule has 2 aliphatic rings. The molecule has 0 unspecified atom stereocenters. The molecule has 0 aromatic rings. The first-order chi connectivity index (χ1) is 6.24. The summed E-state index contributed by atoms with van der Waals surface area (Å²) in [7, 11) is 0. The highest BCUT2D eigenvalue weighted by Crippen LogP contribution is 2.31. The van der Waals surface area contributed by atoms with Gasteiger partial charge < -0.3 is 15.3 Å². The van der Waals surface area contributed by atoms with Crippen molar-refractivity contribution in [2.45, 2.75) is 31.1 Å². The number of nitrogens with zero attached hydrogens (tertiary/aromatic N) is 1. The van der Waals surface area contributed by atoms with Crippen LogP contribution in [0.5, 0.6) is 0 Å². The standard InChI is InChI=1S/C9H17NO3/c11-5-6-7(12)1-3-10-4-2-8(13)9(6)10/h6-9,11-13H,1-5H2/t6-,7-,8+,9+/m0/s1. The summed E-state index contributed by atoms with van der Waals surface area (Å²) < 4.78 is 0. The van der Waals surface area contributed by atoms with Crippen LogP contribution in [0.2, 0.25) is 0 Å². The second-order valence-electron chi connectivity index (χ2n) is 4.09. The molecule has 0 bridgehead atoms. The normalized spacial score (nSPS) is 46.4. The van der Waals surface area contributed by atoms with Crippen LogP contribution in [0, 0.1) is 5.92 Å². The van der Waals surface area contributed by atoms with Gasteiger partial charge in [0.05, 0.1) is 12.2 Å². The van der Waals surface area contributed by atoms with Gasteiger partial charge in [-0.3, -0.25) is 4.90 Å². The second-order valence-corrected chi connectivity index (χ2v) is 4.09. The molecule has 2 aliphatic heterocycles. The van der Waals surface area contributed by atoms with Gasteiger partial charge in [0.2, 0.25) is 0 Å². The maximum atomic E-state index is 9.68. The molecule has 0 amide bonds. The Morgan fingerprint density at radius 1 is 1.08 bits per heavy atom. The zero-order chi connectivity index (χ0) is 9.42. The van der Waals surface area contributed by atoms with Crippen LogP contribution in [-0.2, 0) is 0 Å². The van der Waals surface area contributed by atoms with E-state index in [4.69, 9.17) is 5.11 Å². The van der Waals surface area contributed by atoms with Crippen LogP contribution >= 0.6 is 0 Å². The van der Waals surface area contributed by atoms with Crippen LogP contribution in [0.4, 0.5) is 0 Å². The molecule has 0 aromatic carbocycles. The summed E-state index contributed by atoms with van der Waals surface area (Å²) in [5.74, 6) is -0.161. The van der Waals surface area contributed by atoms with Crippen molar-refractivity contribution in [2.75, 3.05) is 19.7 Å². The van der Waals surface area contributed by atoms with Crippen molar-refractivity contribution in [3.05, 3.63) is 0 Å². The van der Waals surface area contributed by atoms with Crippen LogP contribution in [-0.4, -0.2) is 58.2 Å². The van der Waals surface area contributed by atoms with Crippen molar-refractivity contribution in [3.63, 3.8) is 0 Å². The monoisotopic (exact) mass is 187 g/mol. The van der Waals surface area contributed by atoms with Crippen molar-refractivity contribution in [3.8, 4) is 0 Å². The first kappa shape index (κ1) is 9.40. The van der Waals surface area contributed by atoms with Crippen LogP contribution in [0.3, 0.4) is 0 Å².